The Kier molecular flexibility index (Phi) is 6.62. The predicted octanol–water partition coefficient (Wildman–Crippen LogP) is 1.50. The third-order valence-electron chi connectivity index (χ3n) is 4.68. The molecule has 7 nitrogen and oxygen atoms in total. The van der Waals surface area contributed by atoms with Gasteiger partial charge in [0, 0.05) is 44.8 Å². The van der Waals surface area contributed by atoms with Crippen molar-refractivity contribution in [2.24, 2.45) is 0 Å². The zero-order valence-corrected chi connectivity index (χ0v) is 15.5. The number of methoxy groups -OCH3 is 1. The molecule has 1 aliphatic rings. The molecule has 1 aromatic carbocycles. The molecule has 0 atom stereocenters. The third kappa shape index (κ3) is 5.42. The van der Waals surface area contributed by atoms with Crippen molar-refractivity contribution in [3.05, 3.63) is 59.5 Å². The van der Waals surface area contributed by atoms with Crippen LogP contribution in [0.15, 0.2) is 47.1 Å². The average Bonchev–Trinajstić information content (AvgIpc) is 3.16. The molecule has 144 valence electrons. The number of ether oxygens (including phenoxy) is 1. The van der Waals surface area contributed by atoms with E-state index in [1.54, 1.807) is 6.07 Å². The highest BCUT2D eigenvalue weighted by molar-refractivity contribution is 5.87. The van der Waals surface area contributed by atoms with Gasteiger partial charge in [0.05, 0.1) is 19.9 Å². The van der Waals surface area contributed by atoms with Crippen LogP contribution in [0.3, 0.4) is 0 Å². The number of benzene rings is 1. The Labute approximate surface area is 158 Å². The second-order valence-corrected chi connectivity index (χ2v) is 6.58. The first-order valence-electron chi connectivity index (χ1n) is 9.05. The van der Waals surface area contributed by atoms with Gasteiger partial charge in [0.2, 0.25) is 11.7 Å². The van der Waals surface area contributed by atoms with Crippen molar-refractivity contribution in [2.75, 3.05) is 39.8 Å². The van der Waals surface area contributed by atoms with Crippen molar-refractivity contribution >= 4 is 11.9 Å². The molecule has 0 aliphatic carbocycles. The van der Waals surface area contributed by atoms with Crippen LogP contribution in [0.25, 0.3) is 0 Å². The monoisotopic (exact) mass is 371 g/mol. The summed E-state index contributed by atoms with van der Waals surface area (Å²) in [4.78, 5) is 28.2. The van der Waals surface area contributed by atoms with Crippen LogP contribution >= 0.6 is 0 Å². The van der Waals surface area contributed by atoms with Gasteiger partial charge in [-0.1, -0.05) is 30.3 Å². The molecule has 0 saturated carbocycles. The molecule has 3 rings (SSSR count). The Morgan fingerprint density at radius 2 is 1.78 bits per heavy atom. The van der Waals surface area contributed by atoms with E-state index < -0.39 is 5.97 Å². The first-order chi connectivity index (χ1) is 13.2. The van der Waals surface area contributed by atoms with E-state index in [2.05, 4.69) is 15.1 Å². The maximum atomic E-state index is 12.1. The molecular weight excluding hydrogens is 346 g/mol. The highest BCUT2D eigenvalue weighted by Crippen LogP contribution is 2.15. The zero-order chi connectivity index (χ0) is 19.1. The van der Waals surface area contributed by atoms with Crippen LogP contribution in [0.4, 0.5) is 0 Å². The summed E-state index contributed by atoms with van der Waals surface area (Å²) in [5.41, 5.74) is 1.92. The summed E-state index contributed by atoms with van der Waals surface area (Å²) in [6.45, 7) is 4.87. The molecule has 2 aromatic rings. The highest BCUT2D eigenvalue weighted by Gasteiger charge is 2.22. The van der Waals surface area contributed by atoms with Gasteiger partial charge in [0.25, 0.3) is 0 Å². The van der Waals surface area contributed by atoms with Crippen molar-refractivity contribution in [3.63, 3.8) is 0 Å². The van der Waals surface area contributed by atoms with E-state index in [0.717, 1.165) is 37.3 Å². The normalized spacial score (nSPS) is 15.4. The number of carbonyl (C=O) groups excluding carboxylic acids is 2. The van der Waals surface area contributed by atoms with E-state index in [4.69, 9.17) is 9.15 Å². The van der Waals surface area contributed by atoms with Gasteiger partial charge in [0.15, 0.2) is 0 Å². The number of piperazine rings is 1. The minimum atomic E-state index is -0.455. The van der Waals surface area contributed by atoms with E-state index in [1.807, 2.05) is 30.3 Å². The van der Waals surface area contributed by atoms with Gasteiger partial charge < -0.3 is 14.5 Å². The van der Waals surface area contributed by atoms with Gasteiger partial charge in [-0.25, -0.2) is 4.79 Å². The molecule has 0 radical (unpaired) electrons. The summed E-state index contributed by atoms with van der Waals surface area (Å²) in [5.74, 6) is -0.154. The van der Waals surface area contributed by atoms with Crippen LogP contribution in [0.1, 0.15) is 21.7 Å². The number of nitrogens with zero attached hydrogens (tertiary/aromatic N) is 2. The second kappa shape index (κ2) is 9.34. The molecule has 0 bridgehead atoms. The van der Waals surface area contributed by atoms with Crippen molar-refractivity contribution < 1.29 is 18.7 Å². The molecule has 1 amide bonds. The number of rotatable bonds is 7. The summed E-state index contributed by atoms with van der Waals surface area (Å²) in [6.07, 6.45) is 1.51. The van der Waals surface area contributed by atoms with Gasteiger partial charge in [-0.3, -0.25) is 14.6 Å². The largest absolute Gasteiger partial charge is 0.463 e. The molecule has 0 spiro atoms. The van der Waals surface area contributed by atoms with Crippen molar-refractivity contribution in [1.82, 2.24) is 15.1 Å². The number of hydrogen-bond donors (Lipinski definition) is 1. The standard InChI is InChI=1S/C20H25N3O4/c1-26-20(25)19-17(7-12-27-19)14-22-8-10-23(11-9-22)15-18(24)21-13-16-5-3-2-4-6-16/h2-7,12H,8-11,13-15H2,1H3,(H,21,24). The lowest BCUT2D eigenvalue weighted by Crippen LogP contribution is -2.49. The molecular formula is C20H25N3O4. The Morgan fingerprint density at radius 1 is 1.07 bits per heavy atom. The van der Waals surface area contributed by atoms with E-state index in [1.165, 1.54) is 13.4 Å². The fourth-order valence-corrected chi connectivity index (χ4v) is 3.13. The Hall–Kier alpha value is -2.64. The Bertz CT molecular complexity index is 752. The molecule has 2 heterocycles. The molecule has 1 fully saturated rings. The number of nitrogens with one attached hydrogen (secondary N) is 1. The predicted molar refractivity (Wildman–Crippen MR) is 100 cm³/mol. The number of hydrogen-bond acceptors (Lipinski definition) is 6. The lowest BCUT2D eigenvalue weighted by Gasteiger charge is -2.34. The van der Waals surface area contributed by atoms with Crippen molar-refractivity contribution in [1.29, 1.82) is 0 Å². The maximum Gasteiger partial charge on any atom is 0.374 e. The molecule has 27 heavy (non-hydrogen) atoms. The van der Waals surface area contributed by atoms with Crippen LogP contribution in [-0.2, 0) is 22.6 Å². The fraction of sp³-hybridized carbons (Fsp3) is 0.400. The maximum absolute atomic E-state index is 12.1. The number of amides is 1. The number of carbonyl (C=O) groups is 2. The van der Waals surface area contributed by atoms with Crippen LogP contribution in [-0.4, -0.2) is 61.5 Å². The zero-order valence-electron chi connectivity index (χ0n) is 15.5. The minimum Gasteiger partial charge on any atom is -0.463 e. The summed E-state index contributed by atoms with van der Waals surface area (Å²) in [6, 6.07) is 11.7. The number of furan rings is 1. The molecule has 1 aromatic heterocycles. The van der Waals surface area contributed by atoms with Crippen LogP contribution in [0.2, 0.25) is 0 Å². The van der Waals surface area contributed by atoms with Gasteiger partial charge >= 0.3 is 5.97 Å². The first-order valence-corrected chi connectivity index (χ1v) is 9.05. The average molecular weight is 371 g/mol. The second-order valence-electron chi connectivity index (χ2n) is 6.58. The summed E-state index contributed by atoms with van der Waals surface area (Å²) >= 11 is 0. The summed E-state index contributed by atoms with van der Waals surface area (Å²) in [7, 11) is 1.34. The Balaban J connectivity index is 1.40. The van der Waals surface area contributed by atoms with Gasteiger partial charge in [0.1, 0.15) is 0 Å². The van der Waals surface area contributed by atoms with Gasteiger partial charge in [-0.2, -0.15) is 0 Å². The fourth-order valence-electron chi connectivity index (χ4n) is 3.13. The van der Waals surface area contributed by atoms with Crippen molar-refractivity contribution in [3.8, 4) is 0 Å². The van der Waals surface area contributed by atoms with E-state index in [0.29, 0.717) is 19.6 Å². The van der Waals surface area contributed by atoms with Crippen molar-refractivity contribution in [2.45, 2.75) is 13.1 Å². The van der Waals surface area contributed by atoms with E-state index >= 15 is 0 Å². The first kappa shape index (κ1) is 19.1. The molecule has 7 heteroatoms. The van der Waals surface area contributed by atoms with Gasteiger partial charge in [-0.15, -0.1) is 0 Å². The lowest BCUT2D eigenvalue weighted by molar-refractivity contribution is -0.122. The molecule has 0 unspecified atom stereocenters. The molecule has 1 aliphatic heterocycles. The topological polar surface area (TPSA) is 75.0 Å². The Morgan fingerprint density at radius 3 is 2.48 bits per heavy atom. The quantitative estimate of drug-likeness (QED) is 0.744. The highest BCUT2D eigenvalue weighted by atomic mass is 16.5. The molecule has 1 N–H and O–H groups in total. The third-order valence-corrected chi connectivity index (χ3v) is 4.68. The van der Waals surface area contributed by atoms with Gasteiger partial charge in [-0.05, 0) is 11.6 Å². The smallest absolute Gasteiger partial charge is 0.374 e. The minimum absolute atomic E-state index is 0.0371. The van der Waals surface area contributed by atoms with E-state index in [-0.39, 0.29) is 11.7 Å². The molecule has 1 saturated heterocycles. The van der Waals surface area contributed by atoms with Crippen LogP contribution in [0.5, 0.6) is 0 Å². The number of esters is 1. The lowest BCUT2D eigenvalue weighted by atomic mass is 10.2. The van der Waals surface area contributed by atoms with Crippen LogP contribution in [0, 0.1) is 0 Å². The van der Waals surface area contributed by atoms with E-state index in [9.17, 15) is 9.59 Å². The summed E-state index contributed by atoms with van der Waals surface area (Å²) in [5, 5.41) is 2.96. The van der Waals surface area contributed by atoms with Crippen LogP contribution < -0.4 is 5.32 Å². The summed E-state index contributed by atoms with van der Waals surface area (Å²) < 4.78 is 9.97. The SMILES string of the molecule is COC(=O)c1occc1CN1CCN(CC(=O)NCc2ccccc2)CC1.